The Hall–Kier alpha value is -0.610. The molecule has 0 unspecified atom stereocenters. The molecule has 158 valence electrons. The highest BCUT2D eigenvalue weighted by Gasteiger charge is 2.24. The van der Waals surface area contributed by atoms with Gasteiger partial charge in [-0.1, -0.05) is 59.8 Å². The fourth-order valence-electron chi connectivity index (χ4n) is 3.24. The fourth-order valence-corrected chi connectivity index (χ4v) is 3.24. The van der Waals surface area contributed by atoms with Gasteiger partial charge in [0.15, 0.2) is 0 Å². The number of aliphatic carboxylic acids is 1. The maximum atomic E-state index is 9.82. The predicted octanol–water partition coefficient (Wildman–Crippen LogP) is 4.26. The van der Waals surface area contributed by atoms with Crippen LogP contribution in [0.2, 0.25) is 0 Å². The molecule has 0 heterocycles. The first-order valence-corrected chi connectivity index (χ1v) is 11.3. The molecule has 0 aliphatic carbocycles. The maximum Gasteiger partial charge on any atom is 0.0786 e. The molecule has 0 saturated heterocycles. The van der Waals surface area contributed by atoms with Crippen LogP contribution in [0.15, 0.2) is 0 Å². The minimum absolute atomic E-state index is 0.167. The van der Waals surface area contributed by atoms with Gasteiger partial charge in [0.1, 0.15) is 0 Å². The van der Waals surface area contributed by atoms with Crippen LogP contribution in [0.25, 0.3) is 0 Å². The molecule has 0 atom stereocenters. The zero-order valence-corrected chi connectivity index (χ0v) is 18.4. The Morgan fingerprint density at radius 3 is 1.35 bits per heavy atom. The van der Waals surface area contributed by atoms with E-state index in [1.54, 1.807) is 0 Å². The Morgan fingerprint density at radius 1 is 0.692 bits per heavy atom. The van der Waals surface area contributed by atoms with Crippen LogP contribution in [0.4, 0.5) is 0 Å². The monoisotopic (exact) mass is 372 g/mol. The number of rotatable bonds is 17. The highest BCUT2D eigenvalue weighted by atomic mass is 16.4. The molecule has 0 aromatic rings. The summed E-state index contributed by atoms with van der Waals surface area (Å²) in [6.07, 6.45) is 13.7. The first-order chi connectivity index (χ1) is 12.5. The second-order valence-electron chi connectivity index (χ2n) is 7.62. The molecule has 0 fully saturated rings. The standard InChI is InChI=1S/C16H36N.C6H13NO2/c1-5-9-13-17(14-10-6-2,15-11-7-3)16-12-8-4;7-5-3-1-2-4-6(8)9/h5-16H2,1-4H3;1-5,7H2,(H,8,9)/q+1;/p-1. The Morgan fingerprint density at radius 2 is 1.08 bits per heavy atom. The molecule has 0 spiro atoms. The van der Waals surface area contributed by atoms with Gasteiger partial charge < -0.3 is 20.1 Å². The van der Waals surface area contributed by atoms with E-state index >= 15 is 0 Å². The topological polar surface area (TPSA) is 66.2 Å². The number of hydrogen-bond acceptors (Lipinski definition) is 3. The Bertz CT molecular complexity index is 258. The van der Waals surface area contributed by atoms with Crippen molar-refractivity contribution in [2.75, 3.05) is 32.7 Å². The number of carboxylic acid groups (broad SMARTS) is 1. The summed E-state index contributed by atoms with van der Waals surface area (Å²) in [4.78, 5) is 9.82. The number of nitrogens with two attached hydrogens (primary N) is 1. The lowest BCUT2D eigenvalue weighted by molar-refractivity contribution is -0.929. The van der Waals surface area contributed by atoms with Crippen molar-refractivity contribution < 1.29 is 14.4 Å². The summed E-state index contributed by atoms with van der Waals surface area (Å²) in [5.74, 6) is -0.966. The summed E-state index contributed by atoms with van der Waals surface area (Å²) in [6, 6.07) is 0. The summed E-state index contributed by atoms with van der Waals surface area (Å²) in [5.41, 5.74) is 5.18. The molecule has 2 N–H and O–H groups in total. The number of quaternary nitrogens is 1. The largest absolute Gasteiger partial charge is 0.550 e. The van der Waals surface area contributed by atoms with Crippen molar-refractivity contribution in [3.8, 4) is 0 Å². The predicted molar refractivity (Wildman–Crippen MR) is 112 cm³/mol. The van der Waals surface area contributed by atoms with Crippen LogP contribution in [-0.2, 0) is 4.79 Å². The van der Waals surface area contributed by atoms with Crippen molar-refractivity contribution >= 4 is 5.97 Å². The van der Waals surface area contributed by atoms with Crippen LogP contribution in [0, 0.1) is 0 Å². The Balaban J connectivity index is 0. The number of carbonyl (C=O) groups excluding carboxylic acids is 1. The third kappa shape index (κ3) is 18.2. The quantitative estimate of drug-likeness (QED) is 0.306. The molecule has 0 aromatic heterocycles. The number of unbranched alkanes of at least 4 members (excludes halogenated alkanes) is 6. The van der Waals surface area contributed by atoms with Crippen molar-refractivity contribution in [2.45, 2.75) is 105 Å². The smallest absolute Gasteiger partial charge is 0.0786 e. The second kappa shape index (κ2) is 20.7. The number of carbonyl (C=O) groups is 1. The lowest BCUT2D eigenvalue weighted by Crippen LogP contribution is -2.50. The zero-order valence-electron chi connectivity index (χ0n) is 18.4. The Kier molecular flexibility index (Phi) is 22.0. The molecule has 0 rings (SSSR count). The number of hydrogen-bond donors (Lipinski definition) is 1. The van der Waals surface area contributed by atoms with Gasteiger partial charge in [0.25, 0.3) is 0 Å². The van der Waals surface area contributed by atoms with Crippen molar-refractivity contribution in [1.29, 1.82) is 0 Å². The van der Waals surface area contributed by atoms with E-state index in [0.717, 1.165) is 12.8 Å². The molecule has 0 aliphatic heterocycles. The third-order valence-electron chi connectivity index (χ3n) is 5.03. The van der Waals surface area contributed by atoms with E-state index in [-0.39, 0.29) is 6.42 Å². The SMILES string of the molecule is CCCC[N+](CCCC)(CCCC)CCCC.NCCCCCC(=O)[O-]. The summed E-state index contributed by atoms with van der Waals surface area (Å²) in [6.45, 7) is 15.7. The molecule has 0 radical (unpaired) electrons. The number of nitrogens with zero attached hydrogens (tertiary/aromatic N) is 1. The van der Waals surface area contributed by atoms with E-state index in [0.29, 0.717) is 13.0 Å². The van der Waals surface area contributed by atoms with E-state index in [4.69, 9.17) is 5.73 Å². The minimum atomic E-state index is -0.966. The first-order valence-electron chi connectivity index (χ1n) is 11.3. The lowest BCUT2D eigenvalue weighted by Gasteiger charge is -2.39. The van der Waals surface area contributed by atoms with E-state index in [1.807, 2.05) is 0 Å². The second-order valence-corrected chi connectivity index (χ2v) is 7.62. The number of carboxylic acids is 1. The molecule has 0 bridgehead atoms. The molecule has 0 aliphatic rings. The summed E-state index contributed by atoms with van der Waals surface area (Å²) < 4.78 is 1.42. The van der Waals surface area contributed by atoms with Crippen LogP contribution >= 0.6 is 0 Å². The van der Waals surface area contributed by atoms with Gasteiger partial charge in [-0.2, -0.15) is 0 Å². The molecular weight excluding hydrogens is 324 g/mol. The molecule has 4 heteroatoms. The van der Waals surface area contributed by atoms with Gasteiger partial charge in [0.05, 0.1) is 26.2 Å². The minimum Gasteiger partial charge on any atom is -0.550 e. The average molecular weight is 373 g/mol. The van der Waals surface area contributed by atoms with Crippen LogP contribution < -0.4 is 10.8 Å². The molecule has 0 saturated carbocycles. The summed E-state index contributed by atoms with van der Waals surface area (Å²) in [5, 5.41) is 9.82. The molecule has 4 nitrogen and oxygen atoms in total. The van der Waals surface area contributed by atoms with Crippen molar-refractivity contribution in [1.82, 2.24) is 0 Å². The normalized spacial score (nSPS) is 11.1. The van der Waals surface area contributed by atoms with E-state index < -0.39 is 5.97 Å². The lowest BCUT2D eigenvalue weighted by atomic mass is 10.1. The van der Waals surface area contributed by atoms with Gasteiger partial charge in [-0.3, -0.25) is 0 Å². The summed E-state index contributed by atoms with van der Waals surface area (Å²) >= 11 is 0. The highest BCUT2D eigenvalue weighted by Crippen LogP contribution is 2.16. The third-order valence-corrected chi connectivity index (χ3v) is 5.03. The van der Waals surface area contributed by atoms with Crippen LogP contribution in [0.3, 0.4) is 0 Å². The van der Waals surface area contributed by atoms with Gasteiger partial charge in [-0.15, -0.1) is 0 Å². The van der Waals surface area contributed by atoms with Crippen molar-refractivity contribution in [3.05, 3.63) is 0 Å². The van der Waals surface area contributed by atoms with E-state index in [9.17, 15) is 9.90 Å². The molecule has 0 amide bonds. The molecular formula is C22H48N2O2. The zero-order chi connectivity index (χ0) is 20.1. The Labute approximate surface area is 164 Å². The molecule has 0 aromatic carbocycles. The first kappa shape index (κ1) is 27.6. The van der Waals surface area contributed by atoms with Gasteiger partial charge >= 0.3 is 0 Å². The van der Waals surface area contributed by atoms with Crippen LogP contribution in [0.5, 0.6) is 0 Å². The van der Waals surface area contributed by atoms with E-state index in [2.05, 4.69) is 27.7 Å². The van der Waals surface area contributed by atoms with E-state index in [1.165, 1.54) is 82.0 Å². The van der Waals surface area contributed by atoms with Crippen molar-refractivity contribution in [2.24, 2.45) is 5.73 Å². The summed E-state index contributed by atoms with van der Waals surface area (Å²) in [7, 11) is 0. The van der Waals surface area contributed by atoms with Crippen molar-refractivity contribution in [3.63, 3.8) is 0 Å². The average Bonchev–Trinajstić information content (AvgIpc) is 2.64. The highest BCUT2D eigenvalue weighted by molar-refractivity contribution is 5.63. The van der Waals surface area contributed by atoms with Crippen LogP contribution in [-0.4, -0.2) is 43.2 Å². The van der Waals surface area contributed by atoms with Gasteiger partial charge in [0.2, 0.25) is 0 Å². The van der Waals surface area contributed by atoms with Gasteiger partial charge in [-0.05, 0) is 51.5 Å². The fraction of sp³-hybridized carbons (Fsp3) is 0.955. The molecule has 26 heavy (non-hydrogen) atoms. The maximum absolute atomic E-state index is 9.82. The van der Waals surface area contributed by atoms with Gasteiger partial charge in [-0.25, -0.2) is 0 Å². The van der Waals surface area contributed by atoms with Gasteiger partial charge in [0, 0.05) is 5.97 Å². The van der Waals surface area contributed by atoms with Crippen LogP contribution in [0.1, 0.15) is 105 Å².